The number of carbonyl (C=O) groups is 1. The summed E-state index contributed by atoms with van der Waals surface area (Å²) in [6.45, 7) is 3.93. The molecule has 1 aliphatic rings. The third-order valence-corrected chi connectivity index (χ3v) is 5.07. The number of amides is 1. The number of hydrogen-bond donors (Lipinski definition) is 1. The SMILES string of the molecule is CC(=O)Nc1ncc(CN2CCC(C#Cc3ncc(C(F)(F)F)cn3)CC2)s1. The van der Waals surface area contributed by atoms with E-state index < -0.39 is 11.7 Å². The van der Waals surface area contributed by atoms with Gasteiger partial charge in [0.1, 0.15) is 0 Å². The van der Waals surface area contributed by atoms with Gasteiger partial charge in [0.05, 0.1) is 5.56 Å². The summed E-state index contributed by atoms with van der Waals surface area (Å²) >= 11 is 1.46. The van der Waals surface area contributed by atoms with Gasteiger partial charge in [0, 0.05) is 42.9 Å². The van der Waals surface area contributed by atoms with Gasteiger partial charge in [-0.3, -0.25) is 9.69 Å². The second-order valence-electron chi connectivity index (χ2n) is 6.43. The Morgan fingerprint density at radius 2 is 1.93 bits per heavy atom. The maximum Gasteiger partial charge on any atom is 0.419 e. The number of rotatable bonds is 3. The van der Waals surface area contributed by atoms with E-state index >= 15 is 0 Å². The molecule has 0 radical (unpaired) electrons. The van der Waals surface area contributed by atoms with E-state index in [1.54, 1.807) is 6.20 Å². The number of aromatic nitrogens is 3. The van der Waals surface area contributed by atoms with Crippen LogP contribution in [0.25, 0.3) is 0 Å². The van der Waals surface area contributed by atoms with Crippen LogP contribution < -0.4 is 5.32 Å². The molecule has 1 amide bonds. The summed E-state index contributed by atoms with van der Waals surface area (Å²) in [6, 6.07) is 0. The first kappa shape index (κ1) is 20.2. The molecule has 28 heavy (non-hydrogen) atoms. The molecule has 1 N–H and O–H groups in total. The van der Waals surface area contributed by atoms with Crippen molar-refractivity contribution >= 4 is 22.4 Å². The zero-order valence-corrected chi connectivity index (χ0v) is 15.9. The molecule has 0 saturated carbocycles. The highest BCUT2D eigenvalue weighted by atomic mass is 32.1. The van der Waals surface area contributed by atoms with Crippen LogP contribution in [0.3, 0.4) is 0 Å². The summed E-state index contributed by atoms with van der Waals surface area (Å²) in [7, 11) is 0. The Balaban J connectivity index is 1.49. The Hall–Kier alpha value is -2.51. The van der Waals surface area contributed by atoms with Gasteiger partial charge in [0.2, 0.25) is 11.7 Å². The zero-order chi connectivity index (χ0) is 20.1. The van der Waals surface area contributed by atoms with Crippen LogP contribution in [-0.2, 0) is 17.5 Å². The minimum Gasteiger partial charge on any atom is -0.302 e. The second-order valence-corrected chi connectivity index (χ2v) is 7.54. The molecule has 0 bridgehead atoms. The fourth-order valence-corrected chi connectivity index (χ4v) is 3.65. The first-order valence-electron chi connectivity index (χ1n) is 8.65. The quantitative estimate of drug-likeness (QED) is 0.789. The van der Waals surface area contributed by atoms with Crippen molar-refractivity contribution < 1.29 is 18.0 Å². The number of alkyl halides is 3. The van der Waals surface area contributed by atoms with Crippen LogP contribution in [0, 0.1) is 17.8 Å². The molecule has 0 aliphatic carbocycles. The van der Waals surface area contributed by atoms with E-state index in [4.69, 9.17) is 0 Å². The lowest BCUT2D eigenvalue weighted by atomic mass is 9.97. The number of piperidine rings is 1. The first-order valence-corrected chi connectivity index (χ1v) is 9.46. The summed E-state index contributed by atoms with van der Waals surface area (Å²) in [5.74, 6) is 5.97. The Kier molecular flexibility index (Phi) is 6.26. The fraction of sp³-hybridized carbons (Fsp3) is 0.444. The smallest absolute Gasteiger partial charge is 0.302 e. The van der Waals surface area contributed by atoms with Gasteiger partial charge in [0.25, 0.3) is 0 Å². The van der Waals surface area contributed by atoms with Gasteiger partial charge < -0.3 is 5.32 Å². The summed E-state index contributed by atoms with van der Waals surface area (Å²) in [6.07, 6.45) is 0.563. The molecule has 0 aromatic carbocycles. The molecule has 3 heterocycles. The average Bonchev–Trinajstić information content (AvgIpc) is 3.07. The van der Waals surface area contributed by atoms with Crippen LogP contribution >= 0.6 is 11.3 Å². The lowest BCUT2D eigenvalue weighted by Crippen LogP contribution is -2.32. The molecule has 148 valence electrons. The molecule has 2 aromatic rings. The van der Waals surface area contributed by atoms with Gasteiger partial charge in [-0.1, -0.05) is 5.92 Å². The highest BCUT2D eigenvalue weighted by Crippen LogP contribution is 2.27. The van der Waals surface area contributed by atoms with Crippen LogP contribution in [-0.4, -0.2) is 38.8 Å². The number of hydrogen-bond acceptors (Lipinski definition) is 6. The Bertz CT molecular complexity index is 877. The summed E-state index contributed by atoms with van der Waals surface area (Å²) in [5.41, 5.74) is -0.879. The van der Waals surface area contributed by atoms with Gasteiger partial charge in [-0.15, -0.1) is 11.3 Å². The van der Waals surface area contributed by atoms with Crippen molar-refractivity contribution in [3.8, 4) is 11.8 Å². The van der Waals surface area contributed by atoms with E-state index in [1.165, 1.54) is 18.3 Å². The summed E-state index contributed by atoms with van der Waals surface area (Å²) in [5, 5.41) is 3.27. The molecular formula is C18H18F3N5OS. The molecular weight excluding hydrogens is 391 g/mol. The fourth-order valence-electron chi connectivity index (χ4n) is 2.75. The van der Waals surface area contributed by atoms with Gasteiger partial charge in [-0.25, -0.2) is 15.0 Å². The number of halogens is 3. The third-order valence-electron chi connectivity index (χ3n) is 4.17. The third kappa shape index (κ3) is 5.74. The molecule has 3 rings (SSSR count). The zero-order valence-electron chi connectivity index (χ0n) is 15.1. The van der Waals surface area contributed by atoms with E-state index in [9.17, 15) is 18.0 Å². The number of nitrogens with one attached hydrogen (secondary N) is 1. The van der Waals surface area contributed by atoms with E-state index in [0.717, 1.165) is 49.7 Å². The number of nitrogens with zero attached hydrogens (tertiary/aromatic N) is 4. The highest BCUT2D eigenvalue weighted by molar-refractivity contribution is 7.15. The number of anilines is 1. The summed E-state index contributed by atoms with van der Waals surface area (Å²) in [4.78, 5) is 25.9. The van der Waals surface area contributed by atoms with Gasteiger partial charge >= 0.3 is 6.18 Å². The Morgan fingerprint density at radius 3 is 2.54 bits per heavy atom. The number of thiazole rings is 1. The van der Waals surface area contributed by atoms with Gasteiger partial charge in [-0.05, 0) is 31.9 Å². The van der Waals surface area contributed by atoms with E-state index in [2.05, 4.69) is 37.0 Å². The normalized spacial score (nSPS) is 15.7. The van der Waals surface area contributed by atoms with Crippen molar-refractivity contribution in [3.05, 3.63) is 34.9 Å². The molecule has 1 saturated heterocycles. The molecule has 10 heteroatoms. The van der Waals surface area contributed by atoms with Crippen LogP contribution in [0.2, 0.25) is 0 Å². The second kappa shape index (κ2) is 8.67. The van der Waals surface area contributed by atoms with Crippen molar-refractivity contribution in [2.75, 3.05) is 18.4 Å². The Morgan fingerprint density at radius 1 is 1.25 bits per heavy atom. The molecule has 1 fully saturated rings. The van der Waals surface area contributed by atoms with E-state index in [1.807, 2.05) is 0 Å². The molecule has 6 nitrogen and oxygen atoms in total. The average molecular weight is 409 g/mol. The van der Waals surface area contributed by atoms with E-state index in [-0.39, 0.29) is 17.6 Å². The van der Waals surface area contributed by atoms with Gasteiger partial charge in [0.15, 0.2) is 5.13 Å². The molecule has 2 aromatic heterocycles. The van der Waals surface area contributed by atoms with Crippen LogP contribution in [0.5, 0.6) is 0 Å². The standard InChI is InChI=1S/C18H18F3N5OS/c1-12(27)25-17-24-10-15(28-17)11-26-6-4-13(5-7-26)2-3-16-22-8-14(9-23-16)18(19,20)21/h8-10,13H,4-7,11H2,1H3,(H,24,25,27). The highest BCUT2D eigenvalue weighted by Gasteiger charge is 2.31. The van der Waals surface area contributed by atoms with Crippen molar-refractivity contribution in [1.82, 2.24) is 19.9 Å². The van der Waals surface area contributed by atoms with E-state index in [0.29, 0.717) is 5.13 Å². The molecule has 0 atom stereocenters. The first-order chi connectivity index (χ1) is 13.3. The Labute approximate surface area is 164 Å². The minimum absolute atomic E-state index is 0.102. The number of carbonyl (C=O) groups excluding carboxylic acids is 1. The van der Waals surface area contributed by atoms with Crippen molar-refractivity contribution in [2.45, 2.75) is 32.5 Å². The van der Waals surface area contributed by atoms with Crippen LogP contribution in [0.4, 0.5) is 18.3 Å². The van der Waals surface area contributed by atoms with Crippen molar-refractivity contribution in [3.63, 3.8) is 0 Å². The van der Waals surface area contributed by atoms with Crippen molar-refractivity contribution in [1.29, 1.82) is 0 Å². The predicted molar refractivity (Wildman–Crippen MR) is 98.3 cm³/mol. The number of likely N-dealkylation sites (tertiary alicyclic amines) is 1. The maximum absolute atomic E-state index is 12.5. The lowest BCUT2D eigenvalue weighted by Gasteiger charge is -2.29. The summed E-state index contributed by atoms with van der Waals surface area (Å²) < 4.78 is 37.5. The van der Waals surface area contributed by atoms with Crippen molar-refractivity contribution in [2.24, 2.45) is 5.92 Å². The maximum atomic E-state index is 12.5. The molecule has 1 aliphatic heterocycles. The topological polar surface area (TPSA) is 71.0 Å². The monoisotopic (exact) mass is 409 g/mol. The largest absolute Gasteiger partial charge is 0.419 e. The minimum atomic E-state index is -4.44. The molecule has 0 unspecified atom stereocenters. The lowest BCUT2D eigenvalue weighted by molar-refractivity contribution is -0.138. The van der Waals surface area contributed by atoms with Crippen LogP contribution in [0.15, 0.2) is 18.6 Å². The van der Waals surface area contributed by atoms with Gasteiger partial charge in [-0.2, -0.15) is 13.2 Å². The molecule has 0 spiro atoms. The predicted octanol–water partition coefficient (Wildman–Crippen LogP) is 3.17. The van der Waals surface area contributed by atoms with Crippen LogP contribution in [0.1, 0.15) is 36.0 Å².